The average molecular weight is 196 g/mol. The van der Waals surface area contributed by atoms with Crippen LogP contribution in [0.25, 0.3) is 0 Å². The summed E-state index contributed by atoms with van der Waals surface area (Å²) in [5.74, 6) is 0. The van der Waals surface area contributed by atoms with E-state index in [1.165, 1.54) is 51.4 Å². The molecule has 0 atom stereocenters. The van der Waals surface area contributed by atoms with Gasteiger partial charge in [-0.15, -0.1) is 0 Å². The third kappa shape index (κ3) is 1.70. The van der Waals surface area contributed by atoms with Crippen molar-refractivity contribution in [1.29, 1.82) is 0 Å². The van der Waals surface area contributed by atoms with Crippen LogP contribution in [0.3, 0.4) is 0 Å². The van der Waals surface area contributed by atoms with Crippen molar-refractivity contribution in [2.75, 3.05) is 13.6 Å². The molecule has 0 radical (unpaired) electrons. The van der Waals surface area contributed by atoms with Crippen LogP contribution in [0.2, 0.25) is 0 Å². The maximum absolute atomic E-state index is 6.01. The predicted molar refractivity (Wildman–Crippen MR) is 60.3 cm³/mol. The average Bonchev–Trinajstić information content (AvgIpc) is 2.16. The van der Waals surface area contributed by atoms with Gasteiger partial charge >= 0.3 is 0 Å². The van der Waals surface area contributed by atoms with Gasteiger partial charge in [-0.1, -0.05) is 25.7 Å². The summed E-state index contributed by atoms with van der Waals surface area (Å²) in [6, 6.07) is 0.844. The second-order valence-electron chi connectivity index (χ2n) is 5.18. The molecule has 2 nitrogen and oxygen atoms in total. The smallest absolute Gasteiger partial charge is 0.0331 e. The van der Waals surface area contributed by atoms with Crippen LogP contribution in [0, 0.1) is 0 Å². The first-order chi connectivity index (χ1) is 6.78. The quantitative estimate of drug-likeness (QED) is 0.749. The third-order valence-electron chi connectivity index (χ3n) is 4.53. The molecule has 2 saturated carbocycles. The van der Waals surface area contributed by atoms with Crippen LogP contribution in [0.15, 0.2) is 0 Å². The summed E-state index contributed by atoms with van der Waals surface area (Å²) < 4.78 is 0. The van der Waals surface area contributed by atoms with E-state index in [2.05, 4.69) is 11.9 Å². The van der Waals surface area contributed by atoms with Gasteiger partial charge in [-0.25, -0.2) is 0 Å². The molecule has 0 amide bonds. The van der Waals surface area contributed by atoms with Crippen LogP contribution in [-0.2, 0) is 0 Å². The molecule has 2 fully saturated rings. The van der Waals surface area contributed by atoms with E-state index in [0.717, 1.165) is 12.6 Å². The summed E-state index contributed by atoms with van der Waals surface area (Å²) in [6.07, 6.45) is 11.1. The summed E-state index contributed by atoms with van der Waals surface area (Å²) in [6.45, 7) is 0.861. The third-order valence-corrected chi connectivity index (χ3v) is 4.53. The molecule has 0 aromatic heterocycles. The topological polar surface area (TPSA) is 29.3 Å². The highest BCUT2D eigenvalue weighted by molar-refractivity contribution is 4.97. The Labute approximate surface area is 87.8 Å². The molecule has 2 N–H and O–H groups in total. The van der Waals surface area contributed by atoms with Crippen LogP contribution in [-0.4, -0.2) is 30.1 Å². The maximum atomic E-state index is 6.01. The molecule has 0 bridgehead atoms. The molecule has 0 heterocycles. The van der Waals surface area contributed by atoms with Gasteiger partial charge in [-0.2, -0.15) is 0 Å². The van der Waals surface area contributed by atoms with E-state index < -0.39 is 0 Å². The Morgan fingerprint density at radius 2 is 1.79 bits per heavy atom. The van der Waals surface area contributed by atoms with Crippen molar-refractivity contribution in [3.8, 4) is 0 Å². The SMILES string of the molecule is CN(C1CCC1)C1(CN)CCCCC1. The van der Waals surface area contributed by atoms with Crippen molar-refractivity contribution in [1.82, 2.24) is 4.90 Å². The normalized spacial score (nSPS) is 27.6. The minimum absolute atomic E-state index is 0.364. The lowest BCUT2D eigenvalue weighted by Gasteiger charge is -2.50. The molecule has 14 heavy (non-hydrogen) atoms. The van der Waals surface area contributed by atoms with Gasteiger partial charge in [0.05, 0.1) is 0 Å². The highest BCUT2D eigenvalue weighted by Gasteiger charge is 2.39. The molecule has 82 valence electrons. The van der Waals surface area contributed by atoms with Gasteiger partial charge in [0.15, 0.2) is 0 Å². The predicted octanol–water partition coefficient (Wildman–Crippen LogP) is 2.13. The lowest BCUT2D eigenvalue weighted by Crippen LogP contribution is -2.58. The Morgan fingerprint density at radius 1 is 1.14 bits per heavy atom. The standard InChI is InChI=1S/C12H24N2/c1-14(11-6-5-7-11)12(10-13)8-3-2-4-9-12/h11H,2-10,13H2,1H3. The van der Waals surface area contributed by atoms with Crippen molar-refractivity contribution >= 4 is 0 Å². The van der Waals surface area contributed by atoms with Crippen molar-refractivity contribution < 1.29 is 0 Å². The minimum atomic E-state index is 0.364. The summed E-state index contributed by atoms with van der Waals surface area (Å²) >= 11 is 0. The van der Waals surface area contributed by atoms with Gasteiger partial charge < -0.3 is 5.73 Å². The Morgan fingerprint density at radius 3 is 2.21 bits per heavy atom. The number of likely N-dealkylation sites (N-methyl/N-ethyl adjacent to an activating group) is 1. The van der Waals surface area contributed by atoms with E-state index in [9.17, 15) is 0 Å². The maximum Gasteiger partial charge on any atom is 0.0331 e. The van der Waals surface area contributed by atoms with Gasteiger partial charge in [-0.3, -0.25) is 4.90 Å². The zero-order chi connectivity index (χ0) is 10.0. The summed E-state index contributed by atoms with van der Waals surface area (Å²) in [4.78, 5) is 2.62. The highest BCUT2D eigenvalue weighted by atomic mass is 15.2. The van der Waals surface area contributed by atoms with Gasteiger partial charge in [0.1, 0.15) is 0 Å². The largest absolute Gasteiger partial charge is 0.329 e. The fraction of sp³-hybridized carbons (Fsp3) is 1.00. The second kappa shape index (κ2) is 4.19. The van der Waals surface area contributed by atoms with Crippen LogP contribution in [0.5, 0.6) is 0 Å². The lowest BCUT2D eigenvalue weighted by atomic mass is 9.77. The number of nitrogens with zero attached hydrogens (tertiary/aromatic N) is 1. The van der Waals surface area contributed by atoms with Crippen molar-refractivity contribution in [3.05, 3.63) is 0 Å². The lowest BCUT2D eigenvalue weighted by molar-refractivity contribution is 0.0127. The molecule has 2 heteroatoms. The Kier molecular flexibility index (Phi) is 3.13. The van der Waals surface area contributed by atoms with E-state index in [4.69, 9.17) is 5.73 Å². The van der Waals surface area contributed by atoms with E-state index in [1.807, 2.05) is 0 Å². The molecule has 0 spiro atoms. The monoisotopic (exact) mass is 196 g/mol. The van der Waals surface area contributed by atoms with Crippen LogP contribution in [0.1, 0.15) is 51.4 Å². The zero-order valence-electron chi connectivity index (χ0n) is 9.47. The van der Waals surface area contributed by atoms with E-state index >= 15 is 0 Å². The molecule has 0 aromatic rings. The minimum Gasteiger partial charge on any atom is -0.329 e. The highest BCUT2D eigenvalue weighted by Crippen LogP contribution is 2.37. The molecule has 0 aliphatic heterocycles. The molecule has 2 rings (SSSR count). The Bertz CT molecular complexity index is 181. The van der Waals surface area contributed by atoms with Crippen molar-refractivity contribution in [3.63, 3.8) is 0 Å². The number of hydrogen-bond donors (Lipinski definition) is 1. The van der Waals surface area contributed by atoms with Crippen LogP contribution in [0.4, 0.5) is 0 Å². The fourth-order valence-corrected chi connectivity index (χ4v) is 3.07. The van der Waals surface area contributed by atoms with Gasteiger partial charge in [0, 0.05) is 18.1 Å². The van der Waals surface area contributed by atoms with Gasteiger partial charge in [0.25, 0.3) is 0 Å². The summed E-state index contributed by atoms with van der Waals surface area (Å²) in [5.41, 5.74) is 6.38. The van der Waals surface area contributed by atoms with Crippen molar-refractivity contribution in [2.24, 2.45) is 5.73 Å². The first kappa shape index (κ1) is 10.4. The van der Waals surface area contributed by atoms with E-state index in [-0.39, 0.29) is 0 Å². The number of hydrogen-bond acceptors (Lipinski definition) is 2. The molecular weight excluding hydrogens is 172 g/mol. The van der Waals surface area contributed by atoms with Gasteiger partial charge in [0.2, 0.25) is 0 Å². The molecule has 0 unspecified atom stereocenters. The fourth-order valence-electron chi connectivity index (χ4n) is 3.07. The number of rotatable bonds is 3. The first-order valence-corrected chi connectivity index (χ1v) is 6.21. The summed E-state index contributed by atoms with van der Waals surface area (Å²) in [7, 11) is 2.31. The molecule has 0 saturated heterocycles. The zero-order valence-corrected chi connectivity index (χ0v) is 9.47. The molecule has 2 aliphatic rings. The number of nitrogens with two attached hydrogens (primary N) is 1. The van der Waals surface area contributed by atoms with E-state index in [1.54, 1.807) is 0 Å². The van der Waals surface area contributed by atoms with Crippen LogP contribution >= 0.6 is 0 Å². The Balaban J connectivity index is 2.01. The van der Waals surface area contributed by atoms with E-state index in [0.29, 0.717) is 5.54 Å². The molecular formula is C12H24N2. The van der Waals surface area contributed by atoms with Crippen LogP contribution < -0.4 is 5.73 Å². The molecule has 2 aliphatic carbocycles. The molecule has 0 aromatic carbocycles. The summed E-state index contributed by atoms with van der Waals surface area (Å²) in [5, 5.41) is 0. The van der Waals surface area contributed by atoms with Crippen molar-refractivity contribution in [2.45, 2.75) is 62.9 Å². The first-order valence-electron chi connectivity index (χ1n) is 6.21. The van der Waals surface area contributed by atoms with Gasteiger partial charge in [-0.05, 0) is 32.7 Å². The Hall–Kier alpha value is -0.0800. The second-order valence-corrected chi connectivity index (χ2v) is 5.18.